The molecule has 0 heterocycles. The van der Waals surface area contributed by atoms with E-state index in [1.165, 1.54) is 0 Å². The summed E-state index contributed by atoms with van der Waals surface area (Å²) in [6, 6.07) is 5.57. The van der Waals surface area contributed by atoms with Crippen molar-refractivity contribution in [2.75, 3.05) is 13.6 Å². The number of likely N-dealkylation sites (N-methyl/N-ethyl adjacent to an activating group) is 1. The van der Waals surface area contributed by atoms with Gasteiger partial charge in [0, 0.05) is 6.54 Å². The van der Waals surface area contributed by atoms with E-state index in [-0.39, 0.29) is 0 Å². The first-order valence-electron chi connectivity index (χ1n) is 4.35. The van der Waals surface area contributed by atoms with Crippen LogP contribution in [-0.2, 0) is 0 Å². The van der Waals surface area contributed by atoms with Crippen molar-refractivity contribution >= 4 is 6.08 Å². The van der Waals surface area contributed by atoms with Crippen LogP contribution in [0.5, 0.6) is 5.75 Å². The molecule has 0 unspecified atom stereocenters. The first-order chi connectivity index (χ1) is 6.24. The second-order valence-electron chi connectivity index (χ2n) is 3.01. The molecule has 0 radical (unpaired) electrons. The molecule has 0 aliphatic carbocycles. The van der Waals surface area contributed by atoms with Crippen LogP contribution in [-0.4, -0.2) is 18.7 Å². The van der Waals surface area contributed by atoms with Crippen LogP contribution in [0.15, 0.2) is 24.3 Å². The summed E-state index contributed by atoms with van der Waals surface area (Å²) < 4.78 is 0. The maximum absolute atomic E-state index is 9.28. The SMILES string of the molecule is CNCC=Cc1ccc(O)c(C)c1. The normalized spacial score (nSPS) is 10.9. The molecule has 1 rings (SSSR count). The van der Waals surface area contributed by atoms with E-state index in [1.807, 2.05) is 38.3 Å². The Morgan fingerprint density at radius 2 is 2.23 bits per heavy atom. The predicted molar refractivity (Wildman–Crippen MR) is 55.8 cm³/mol. The average Bonchev–Trinajstić information content (AvgIpc) is 2.12. The molecule has 0 aliphatic rings. The van der Waals surface area contributed by atoms with Gasteiger partial charge < -0.3 is 10.4 Å². The number of benzene rings is 1. The topological polar surface area (TPSA) is 32.3 Å². The molecular weight excluding hydrogens is 162 g/mol. The Bertz CT molecular complexity index is 305. The Kier molecular flexibility index (Phi) is 3.53. The lowest BCUT2D eigenvalue weighted by Crippen LogP contribution is -2.03. The number of hydrogen-bond donors (Lipinski definition) is 2. The summed E-state index contributed by atoms with van der Waals surface area (Å²) in [7, 11) is 1.91. The van der Waals surface area contributed by atoms with Gasteiger partial charge in [0.15, 0.2) is 0 Å². The first-order valence-corrected chi connectivity index (χ1v) is 4.35. The van der Waals surface area contributed by atoms with Gasteiger partial charge in [0.1, 0.15) is 5.75 Å². The number of aryl methyl sites for hydroxylation is 1. The van der Waals surface area contributed by atoms with Gasteiger partial charge in [0.05, 0.1) is 0 Å². The fourth-order valence-electron chi connectivity index (χ4n) is 1.10. The number of aromatic hydroxyl groups is 1. The summed E-state index contributed by atoms with van der Waals surface area (Å²) in [5.74, 6) is 0.353. The van der Waals surface area contributed by atoms with Crippen molar-refractivity contribution in [3.05, 3.63) is 35.4 Å². The Labute approximate surface area is 78.9 Å². The molecular formula is C11H15NO. The van der Waals surface area contributed by atoms with E-state index >= 15 is 0 Å². The summed E-state index contributed by atoms with van der Waals surface area (Å²) in [6.45, 7) is 2.75. The number of rotatable bonds is 3. The fraction of sp³-hybridized carbons (Fsp3) is 0.273. The fourth-order valence-corrected chi connectivity index (χ4v) is 1.10. The van der Waals surface area contributed by atoms with Gasteiger partial charge in [0.2, 0.25) is 0 Å². The van der Waals surface area contributed by atoms with E-state index in [4.69, 9.17) is 0 Å². The van der Waals surface area contributed by atoms with Crippen LogP contribution in [0.1, 0.15) is 11.1 Å². The molecule has 70 valence electrons. The van der Waals surface area contributed by atoms with Crippen LogP contribution in [0.3, 0.4) is 0 Å². The molecule has 0 bridgehead atoms. The summed E-state index contributed by atoms with van der Waals surface area (Å²) in [4.78, 5) is 0. The van der Waals surface area contributed by atoms with Crippen LogP contribution < -0.4 is 5.32 Å². The van der Waals surface area contributed by atoms with Gasteiger partial charge in [-0.2, -0.15) is 0 Å². The minimum absolute atomic E-state index is 0.353. The van der Waals surface area contributed by atoms with E-state index in [0.29, 0.717) is 5.75 Å². The molecule has 0 aliphatic heterocycles. The smallest absolute Gasteiger partial charge is 0.118 e. The molecule has 0 fully saturated rings. The first kappa shape index (κ1) is 9.81. The van der Waals surface area contributed by atoms with Gasteiger partial charge in [-0.1, -0.05) is 18.2 Å². The highest BCUT2D eigenvalue weighted by molar-refractivity contribution is 5.52. The molecule has 0 saturated carbocycles. The second-order valence-corrected chi connectivity index (χ2v) is 3.01. The van der Waals surface area contributed by atoms with E-state index in [9.17, 15) is 5.11 Å². The van der Waals surface area contributed by atoms with Gasteiger partial charge in [-0.05, 0) is 37.2 Å². The van der Waals surface area contributed by atoms with Crippen molar-refractivity contribution in [1.29, 1.82) is 0 Å². The molecule has 0 spiro atoms. The minimum Gasteiger partial charge on any atom is -0.508 e. The minimum atomic E-state index is 0.353. The molecule has 0 aromatic heterocycles. The summed E-state index contributed by atoms with van der Waals surface area (Å²) in [6.07, 6.45) is 4.08. The molecule has 1 aromatic rings. The maximum atomic E-state index is 9.28. The number of phenolic OH excluding ortho intramolecular Hbond substituents is 1. The highest BCUT2D eigenvalue weighted by atomic mass is 16.3. The van der Waals surface area contributed by atoms with E-state index in [0.717, 1.165) is 17.7 Å². The number of phenols is 1. The number of nitrogens with one attached hydrogen (secondary N) is 1. The van der Waals surface area contributed by atoms with Crippen LogP contribution in [0.4, 0.5) is 0 Å². The molecule has 2 nitrogen and oxygen atoms in total. The molecule has 0 amide bonds. The monoisotopic (exact) mass is 177 g/mol. The van der Waals surface area contributed by atoms with Crippen LogP contribution in [0.25, 0.3) is 6.08 Å². The van der Waals surface area contributed by atoms with E-state index in [1.54, 1.807) is 6.07 Å². The largest absolute Gasteiger partial charge is 0.508 e. The Balaban J connectivity index is 2.73. The van der Waals surface area contributed by atoms with E-state index < -0.39 is 0 Å². The number of hydrogen-bond acceptors (Lipinski definition) is 2. The predicted octanol–water partition coefficient (Wildman–Crippen LogP) is 1.93. The standard InChI is InChI=1S/C11H15NO/c1-9-8-10(4-3-7-12-2)5-6-11(9)13/h3-6,8,12-13H,7H2,1-2H3. The molecule has 2 N–H and O–H groups in total. The lowest BCUT2D eigenvalue weighted by atomic mass is 10.1. The highest BCUT2D eigenvalue weighted by Gasteiger charge is 1.94. The molecule has 13 heavy (non-hydrogen) atoms. The average molecular weight is 177 g/mol. The van der Waals surface area contributed by atoms with Gasteiger partial charge in [-0.3, -0.25) is 0 Å². The van der Waals surface area contributed by atoms with Crippen molar-refractivity contribution in [3.63, 3.8) is 0 Å². The Hall–Kier alpha value is -1.28. The van der Waals surface area contributed by atoms with Crippen molar-refractivity contribution in [2.24, 2.45) is 0 Å². The van der Waals surface area contributed by atoms with Crippen molar-refractivity contribution in [3.8, 4) is 5.75 Å². The molecule has 1 aromatic carbocycles. The van der Waals surface area contributed by atoms with Crippen molar-refractivity contribution in [1.82, 2.24) is 5.32 Å². The maximum Gasteiger partial charge on any atom is 0.118 e. The quantitative estimate of drug-likeness (QED) is 0.739. The molecule has 0 saturated heterocycles. The lowest BCUT2D eigenvalue weighted by molar-refractivity contribution is 0.471. The van der Waals surface area contributed by atoms with Gasteiger partial charge in [-0.25, -0.2) is 0 Å². The lowest BCUT2D eigenvalue weighted by Gasteiger charge is -1.99. The summed E-state index contributed by atoms with van der Waals surface area (Å²) >= 11 is 0. The van der Waals surface area contributed by atoms with E-state index in [2.05, 4.69) is 5.32 Å². The summed E-state index contributed by atoms with van der Waals surface area (Å²) in [5.41, 5.74) is 2.03. The van der Waals surface area contributed by atoms with Gasteiger partial charge >= 0.3 is 0 Å². The van der Waals surface area contributed by atoms with Gasteiger partial charge in [-0.15, -0.1) is 0 Å². The summed E-state index contributed by atoms with van der Waals surface area (Å²) in [5, 5.41) is 12.3. The van der Waals surface area contributed by atoms with Crippen LogP contribution in [0.2, 0.25) is 0 Å². The zero-order valence-corrected chi connectivity index (χ0v) is 8.04. The highest BCUT2D eigenvalue weighted by Crippen LogP contribution is 2.17. The van der Waals surface area contributed by atoms with Gasteiger partial charge in [0.25, 0.3) is 0 Å². The second kappa shape index (κ2) is 4.67. The van der Waals surface area contributed by atoms with Crippen molar-refractivity contribution in [2.45, 2.75) is 6.92 Å². The third-order valence-electron chi connectivity index (χ3n) is 1.85. The zero-order valence-electron chi connectivity index (χ0n) is 8.04. The van der Waals surface area contributed by atoms with Crippen LogP contribution >= 0.6 is 0 Å². The zero-order chi connectivity index (χ0) is 9.68. The Morgan fingerprint density at radius 3 is 2.85 bits per heavy atom. The molecule has 2 heteroatoms. The third kappa shape index (κ3) is 2.92. The molecule has 0 atom stereocenters. The van der Waals surface area contributed by atoms with Crippen LogP contribution in [0, 0.1) is 6.92 Å². The third-order valence-corrected chi connectivity index (χ3v) is 1.85. The van der Waals surface area contributed by atoms with Crippen molar-refractivity contribution < 1.29 is 5.11 Å². The Morgan fingerprint density at radius 1 is 1.46 bits per heavy atom.